The third-order valence-electron chi connectivity index (χ3n) is 6.94. The number of nitro benzene ring substituents is 1. The number of aryl methyl sites for hydroxylation is 1. The number of nitrogens with zero attached hydrogens (tertiary/aromatic N) is 5. The summed E-state index contributed by atoms with van der Waals surface area (Å²) in [5.41, 5.74) is -1.12. The van der Waals surface area contributed by atoms with Gasteiger partial charge in [-0.1, -0.05) is 0 Å². The Hall–Kier alpha value is -4.18. The number of nitrogens with one attached hydrogen (secondary N) is 2. The summed E-state index contributed by atoms with van der Waals surface area (Å²) in [5, 5.41) is 27.8. The third kappa shape index (κ3) is 4.33. The van der Waals surface area contributed by atoms with Crippen LogP contribution in [0.3, 0.4) is 0 Å². The van der Waals surface area contributed by atoms with Crippen molar-refractivity contribution in [2.24, 2.45) is 7.05 Å². The van der Waals surface area contributed by atoms with E-state index in [1.165, 1.54) is 10.8 Å². The predicted molar refractivity (Wildman–Crippen MR) is 129 cm³/mol. The number of piperazine rings is 1. The number of aromatic nitrogens is 2. The molecule has 3 aliphatic rings. The van der Waals surface area contributed by atoms with Crippen molar-refractivity contribution in [3.63, 3.8) is 0 Å². The summed E-state index contributed by atoms with van der Waals surface area (Å²) in [6.07, 6.45) is -2.44. The van der Waals surface area contributed by atoms with Gasteiger partial charge in [-0.25, -0.2) is 4.98 Å². The molecule has 0 radical (unpaired) electrons. The summed E-state index contributed by atoms with van der Waals surface area (Å²) in [6, 6.07) is 5.86. The lowest BCUT2D eigenvalue weighted by atomic mass is 9.91. The predicted octanol–water partition coefficient (Wildman–Crippen LogP) is 3.46. The number of fused-ring (bicyclic) bond motifs is 3. The van der Waals surface area contributed by atoms with Crippen LogP contribution in [-0.2, 0) is 13.2 Å². The van der Waals surface area contributed by atoms with Crippen LogP contribution in [0, 0.1) is 21.4 Å². The van der Waals surface area contributed by atoms with Crippen LogP contribution in [0.15, 0.2) is 35.3 Å². The zero-order valence-electron chi connectivity index (χ0n) is 19.8. The summed E-state index contributed by atoms with van der Waals surface area (Å²) in [6.45, 7) is 2.85. The molecule has 3 fully saturated rings. The van der Waals surface area contributed by atoms with Gasteiger partial charge in [0.25, 0.3) is 11.2 Å². The average molecular weight is 513 g/mol. The Morgan fingerprint density at radius 2 is 1.95 bits per heavy atom. The molecule has 37 heavy (non-hydrogen) atoms. The zero-order valence-corrected chi connectivity index (χ0v) is 19.8. The number of halogens is 3. The Morgan fingerprint density at radius 3 is 2.54 bits per heavy atom. The van der Waals surface area contributed by atoms with Crippen LogP contribution in [0.2, 0.25) is 0 Å². The Kier molecular flexibility index (Phi) is 5.79. The second-order valence-corrected chi connectivity index (χ2v) is 9.42. The van der Waals surface area contributed by atoms with E-state index in [4.69, 9.17) is 0 Å². The quantitative estimate of drug-likeness (QED) is 0.392. The van der Waals surface area contributed by atoms with Gasteiger partial charge < -0.3 is 20.1 Å². The van der Waals surface area contributed by atoms with Gasteiger partial charge in [-0.3, -0.25) is 14.9 Å². The molecular formula is C24H22F3N7O3. The van der Waals surface area contributed by atoms with Gasteiger partial charge in [-0.05, 0) is 31.0 Å². The number of nitro groups is 1. The molecule has 3 atom stereocenters. The van der Waals surface area contributed by atoms with Gasteiger partial charge in [-0.15, -0.1) is 0 Å². The van der Waals surface area contributed by atoms with Gasteiger partial charge in [0, 0.05) is 55.9 Å². The van der Waals surface area contributed by atoms with E-state index in [-0.39, 0.29) is 34.6 Å². The molecule has 0 amide bonds. The molecule has 6 rings (SSSR count). The highest BCUT2D eigenvalue weighted by atomic mass is 19.4. The maximum atomic E-state index is 13.4. The van der Waals surface area contributed by atoms with Gasteiger partial charge in [-0.2, -0.15) is 18.4 Å². The second-order valence-electron chi connectivity index (χ2n) is 9.42. The van der Waals surface area contributed by atoms with Crippen molar-refractivity contribution in [3.05, 3.63) is 67.6 Å². The number of piperidine rings is 1. The number of hydrogen-bond acceptors (Lipinski definition) is 8. The Labute approximate surface area is 208 Å². The highest BCUT2D eigenvalue weighted by Crippen LogP contribution is 2.36. The minimum Gasteiger partial charge on any atom is -0.364 e. The SMILES string of the molecule is C[C@@H](Nc1ncc(C#N)c2c1cc(N1CC3CC(C1)N3)c(=O)n2C)c1cc([N+](=O)[O-])cc(C(F)(F)F)c1. The molecule has 3 aromatic rings. The summed E-state index contributed by atoms with van der Waals surface area (Å²) in [4.78, 5) is 29.9. The molecule has 0 saturated carbocycles. The molecule has 2 N–H and O–H groups in total. The highest BCUT2D eigenvalue weighted by Gasteiger charge is 2.37. The molecule has 0 spiro atoms. The molecular weight excluding hydrogens is 491 g/mol. The van der Waals surface area contributed by atoms with Crippen molar-refractivity contribution in [1.29, 1.82) is 5.26 Å². The number of nitriles is 1. The van der Waals surface area contributed by atoms with E-state index in [0.717, 1.165) is 18.6 Å². The molecule has 2 unspecified atom stereocenters. The average Bonchev–Trinajstić information content (AvgIpc) is 2.85. The maximum Gasteiger partial charge on any atom is 0.416 e. The van der Waals surface area contributed by atoms with Crippen molar-refractivity contribution >= 4 is 28.1 Å². The van der Waals surface area contributed by atoms with Gasteiger partial charge in [0.1, 0.15) is 17.6 Å². The Bertz CT molecular complexity index is 1510. The van der Waals surface area contributed by atoms with Gasteiger partial charge in [0.2, 0.25) is 0 Å². The van der Waals surface area contributed by atoms with Crippen LogP contribution in [0.5, 0.6) is 0 Å². The normalized spacial score (nSPS) is 19.7. The third-order valence-corrected chi connectivity index (χ3v) is 6.94. The maximum absolute atomic E-state index is 13.4. The molecule has 0 aliphatic carbocycles. The van der Waals surface area contributed by atoms with E-state index >= 15 is 0 Å². The monoisotopic (exact) mass is 513 g/mol. The highest BCUT2D eigenvalue weighted by molar-refractivity contribution is 5.95. The van der Waals surface area contributed by atoms with Crippen LogP contribution in [-0.4, -0.2) is 39.6 Å². The number of hydrogen-bond donors (Lipinski definition) is 2. The van der Waals surface area contributed by atoms with E-state index in [1.54, 1.807) is 20.0 Å². The number of pyridine rings is 2. The molecule has 2 bridgehead atoms. The molecule has 192 valence electrons. The standard InChI is InChI=1S/C24H22F3N7O3/c1-12(13-3-15(24(25,26)27)5-18(4-13)34(36)37)30-22-19-7-20(33-10-16-6-17(11-33)31-16)23(35)32(2)21(19)14(8-28)9-29-22/h3-5,7,9,12,16-17,31H,6,10-11H2,1-2H3,(H,29,30)/t12-,16?,17?/m1/s1. The number of rotatable bonds is 5. The van der Waals surface area contributed by atoms with Crippen LogP contribution in [0.25, 0.3) is 10.9 Å². The summed E-state index contributed by atoms with van der Waals surface area (Å²) in [7, 11) is 1.56. The fourth-order valence-corrected chi connectivity index (χ4v) is 5.06. The van der Waals surface area contributed by atoms with Crippen molar-refractivity contribution in [2.45, 2.75) is 37.6 Å². The molecule has 10 nitrogen and oxygen atoms in total. The van der Waals surface area contributed by atoms with Crippen molar-refractivity contribution < 1.29 is 18.1 Å². The lowest BCUT2D eigenvalue weighted by Crippen LogP contribution is -2.67. The first-order valence-electron chi connectivity index (χ1n) is 11.5. The molecule has 3 saturated heterocycles. The largest absolute Gasteiger partial charge is 0.416 e. The van der Waals surface area contributed by atoms with Gasteiger partial charge in [0.05, 0.1) is 27.6 Å². The molecule has 3 aliphatic heterocycles. The first kappa shape index (κ1) is 24.5. The number of benzene rings is 1. The Morgan fingerprint density at radius 1 is 1.27 bits per heavy atom. The topological polar surface area (TPSA) is 129 Å². The first-order chi connectivity index (χ1) is 17.5. The minimum atomic E-state index is -4.77. The molecule has 2 aromatic heterocycles. The fourth-order valence-electron chi connectivity index (χ4n) is 5.06. The van der Waals surface area contributed by atoms with E-state index in [0.29, 0.717) is 35.7 Å². The first-order valence-corrected chi connectivity index (χ1v) is 11.5. The van der Waals surface area contributed by atoms with E-state index < -0.39 is 28.4 Å². The van der Waals surface area contributed by atoms with Crippen LogP contribution in [0.4, 0.5) is 30.4 Å². The summed E-state index contributed by atoms with van der Waals surface area (Å²) < 4.78 is 41.6. The molecule has 13 heteroatoms. The van der Waals surface area contributed by atoms with Crippen molar-refractivity contribution in [2.75, 3.05) is 23.3 Å². The second kappa shape index (κ2) is 8.74. The van der Waals surface area contributed by atoms with Gasteiger partial charge >= 0.3 is 6.18 Å². The summed E-state index contributed by atoms with van der Waals surface area (Å²) in [5.74, 6) is 0.235. The Balaban J connectivity index is 1.59. The molecule has 1 aromatic carbocycles. The van der Waals surface area contributed by atoms with E-state index in [1.807, 2.05) is 11.0 Å². The number of anilines is 2. The van der Waals surface area contributed by atoms with E-state index in [2.05, 4.69) is 15.6 Å². The fraction of sp³-hybridized carbons (Fsp3) is 0.375. The van der Waals surface area contributed by atoms with Gasteiger partial charge in [0.15, 0.2) is 0 Å². The van der Waals surface area contributed by atoms with Crippen LogP contribution >= 0.6 is 0 Å². The smallest absolute Gasteiger partial charge is 0.364 e. The van der Waals surface area contributed by atoms with Crippen molar-refractivity contribution in [3.8, 4) is 6.07 Å². The molecule has 5 heterocycles. The zero-order chi connectivity index (χ0) is 26.6. The minimum absolute atomic E-state index is 0.0353. The lowest BCUT2D eigenvalue weighted by molar-refractivity contribution is -0.385. The van der Waals surface area contributed by atoms with Crippen molar-refractivity contribution in [1.82, 2.24) is 14.9 Å². The number of alkyl halides is 3. The van der Waals surface area contributed by atoms with E-state index in [9.17, 15) is 33.3 Å². The number of non-ortho nitro benzene ring substituents is 1. The summed E-state index contributed by atoms with van der Waals surface area (Å²) >= 11 is 0. The van der Waals surface area contributed by atoms with Crippen LogP contribution < -0.4 is 21.1 Å². The van der Waals surface area contributed by atoms with Crippen LogP contribution in [0.1, 0.15) is 36.1 Å². The lowest BCUT2D eigenvalue weighted by Gasteiger charge is -2.49.